The van der Waals surface area contributed by atoms with Crippen LogP contribution in [0.1, 0.15) is 26.3 Å². The highest BCUT2D eigenvalue weighted by Gasteiger charge is 2.12. The monoisotopic (exact) mass is 321 g/mol. The van der Waals surface area contributed by atoms with Crippen molar-refractivity contribution in [1.29, 1.82) is 0 Å². The number of fused-ring (bicyclic) bond motifs is 1. The Morgan fingerprint density at radius 1 is 1.23 bits per heavy atom. The van der Waals surface area contributed by atoms with E-state index in [0.717, 1.165) is 5.56 Å². The fourth-order valence-corrected chi connectivity index (χ4v) is 2.08. The molecule has 1 aliphatic rings. The van der Waals surface area contributed by atoms with E-state index in [-0.39, 0.29) is 18.2 Å². The van der Waals surface area contributed by atoms with Crippen molar-refractivity contribution in [2.75, 3.05) is 6.79 Å². The van der Waals surface area contributed by atoms with Gasteiger partial charge in [0.25, 0.3) is 5.91 Å². The molecule has 0 saturated carbocycles. The van der Waals surface area contributed by atoms with Crippen LogP contribution in [0.15, 0.2) is 24.3 Å². The third-order valence-corrected chi connectivity index (χ3v) is 2.82. The smallest absolute Gasteiger partial charge is 0.262 e. The van der Waals surface area contributed by atoms with Crippen LogP contribution in [-0.2, 0) is 4.79 Å². The van der Waals surface area contributed by atoms with Crippen LogP contribution >= 0.6 is 12.2 Å². The molecule has 2 rings (SSSR count). The van der Waals surface area contributed by atoms with E-state index in [1.807, 2.05) is 32.9 Å². The van der Waals surface area contributed by atoms with E-state index in [0.29, 0.717) is 16.6 Å². The molecule has 0 radical (unpaired) electrons. The first-order valence-electron chi connectivity index (χ1n) is 6.79. The molecule has 7 heteroatoms. The van der Waals surface area contributed by atoms with E-state index in [4.69, 9.17) is 21.7 Å². The number of amides is 1. The van der Waals surface area contributed by atoms with Gasteiger partial charge in [-0.05, 0) is 56.8 Å². The lowest BCUT2D eigenvalue weighted by atomic mass is 10.1. The van der Waals surface area contributed by atoms with Crippen molar-refractivity contribution in [3.63, 3.8) is 0 Å². The molecule has 1 heterocycles. The Labute approximate surface area is 134 Å². The van der Waals surface area contributed by atoms with Crippen molar-refractivity contribution in [3.05, 3.63) is 29.8 Å². The molecule has 1 aromatic carbocycles. The van der Waals surface area contributed by atoms with Crippen molar-refractivity contribution >= 4 is 29.3 Å². The fraction of sp³-hybridized carbons (Fsp3) is 0.333. The molecule has 3 N–H and O–H groups in total. The van der Waals surface area contributed by atoms with E-state index in [9.17, 15) is 4.79 Å². The first kappa shape index (κ1) is 16.1. The zero-order chi connectivity index (χ0) is 16.2. The topological polar surface area (TPSA) is 71.6 Å². The highest BCUT2D eigenvalue weighted by Crippen LogP contribution is 2.32. The number of hydrogen-bond donors (Lipinski definition) is 3. The van der Waals surface area contributed by atoms with Gasteiger partial charge in [0, 0.05) is 11.6 Å². The summed E-state index contributed by atoms with van der Waals surface area (Å²) >= 11 is 5.06. The Morgan fingerprint density at radius 2 is 1.95 bits per heavy atom. The number of nitrogens with one attached hydrogen (secondary N) is 3. The van der Waals surface area contributed by atoms with Gasteiger partial charge in [-0.15, -0.1) is 0 Å². The summed E-state index contributed by atoms with van der Waals surface area (Å²) in [6.45, 7) is 6.15. The molecule has 1 aliphatic heterocycles. The molecule has 0 saturated heterocycles. The minimum Gasteiger partial charge on any atom is -0.454 e. The largest absolute Gasteiger partial charge is 0.454 e. The van der Waals surface area contributed by atoms with Gasteiger partial charge in [-0.2, -0.15) is 0 Å². The van der Waals surface area contributed by atoms with Gasteiger partial charge in [0.15, 0.2) is 16.6 Å². The maximum atomic E-state index is 11.7. The predicted molar refractivity (Wildman–Crippen MR) is 88.4 cm³/mol. The first-order chi connectivity index (χ1) is 10.3. The zero-order valence-corrected chi connectivity index (χ0v) is 13.5. The number of thiocarbonyl (C=S) groups is 1. The van der Waals surface area contributed by atoms with E-state index in [1.165, 1.54) is 6.08 Å². The number of rotatable bonds is 2. The van der Waals surface area contributed by atoms with Crippen LogP contribution in [0, 0.1) is 0 Å². The highest BCUT2D eigenvalue weighted by atomic mass is 32.1. The van der Waals surface area contributed by atoms with Crippen molar-refractivity contribution in [3.8, 4) is 11.5 Å². The van der Waals surface area contributed by atoms with Crippen LogP contribution in [0.5, 0.6) is 11.5 Å². The van der Waals surface area contributed by atoms with Crippen LogP contribution in [0.4, 0.5) is 0 Å². The Kier molecular flexibility index (Phi) is 4.87. The van der Waals surface area contributed by atoms with Gasteiger partial charge in [-0.1, -0.05) is 6.07 Å². The summed E-state index contributed by atoms with van der Waals surface area (Å²) in [7, 11) is 0. The molecule has 0 fully saturated rings. The molecule has 118 valence electrons. The molecule has 0 unspecified atom stereocenters. The minimum atomic E-state index is -0.310. The summed E-state index contributed by atoms with van der Waals surface area (Å²) in [5.41, 5.74) is 5.81. The summed E-state index contributed by atoms with van der Waals surface area (Å²) < 4.78 is 10.5. The molecule has 0 bridgehead atoms. The van der Waals surface area contributed by atoms with Crippen LogP contribution in [-0.4, -0.2) is 23.4 Å². The van der Waals surface area contributed by atoms with Crippen molar-refractivity contribution in [1.82, 2.24) is 16.2 Å². The van der Waals surface area contributed by atoms with Gasteiger partial charge in [0.1, 0.15) is 0 Å². The second kappa shape index (κ2) is 6.65. The number of carbonyl (C=O) groups excluding carboxylic acids is 1. The summed E-state index contributed by atoms with van der Waals surface area (Å²) in [5.74, 6) is 1.08. The second-order valence-corrected chi connectivity index (χ2v) is 6.17. The average molecular weight is 321 g/mol. The van der Waals surface area contributed by atoms with Crippen molar-refractivity contribution < 1.29 is 14.3 Å². The first-order valence-corrected chi connectivity index (χ1v) is 7.20. The van der Waals surface area contributed by atoms with E-state index in [2.05, 4.69) is 16.2 Å². The van der Waals surface area contributed by atoms with Gasteiger partial charge >= 0.3 is 0 Å². The van der Waals surface area contributed by atoms with Crippen molar-refractivity contribution in [2.45, 2.75) is 26.3 Å². The third-order valence-electron chi connectivity index (χ3n) is 2.61. The molecule has 6 nitrogen and oxygen atoms in total. The summed E-state index contributed by atoms with van der Waals surface area (Å²) in [4.78, 5) is 11.7. The number of benzene rings is 1. The number of carbonyl (C=O) groups is 1. The average Bonchev–Trinajstić information content (AvgIpc) is 2.88. The molecule has 22 heavy (non-hydrogen) atoms. The molecular formula is C15H19N3O3S. The zero-order valence-electron chi connectivity index (χ0n) is 12.7. The number of hydrazine groups is 1. The molecule has 0 aliphatic carbocycles. The Bertz CT molecular complexity index is 609. The number of hydrogen-bond acceptors (Lipinski definition) is 4. The quantitative estimate of drug-likeness (QED) is 0.438. The SMILES string of the molecule is CC(C)(C)NC(=S)NNC(=O)/C=C/c1ccc2c(c1)OCO2. The van der Waals surface area contributed by atoms with E-state index in [1.54, 1.807) is 12.1 Å². The van der Waals surface area contributed by atoms with Gasteiger partial charge in [0.2, 0.25) is 6.79 Å². The van der Waals surface area contributed by atoms with Crippen molar-refractivity contribution in [2.24, 2.45) is 0 Å². The molecule has 1 aromatic rings. The Balaban J connectivity index is 1.83. The molecular weight excluding hydrogens is 302 g/mol. The van der Waals surface area contributed by atoms with Gasteiger partial charge < -0.3 is 14.8 Å². The Hall–Kier alpha value is -2.28. The third kappa shape index (κ3) is 4.92. The van der Waals surface area contributed by atoms with Crippen LogP contribution in [0.2, 0.25) is 0 Å². The summed E-state index contributed by atoms with van der Waals surface area (Å²) in [5, 5.41) is 3.39. The molecule has 0 spiro atoms. The standard InChI is InChI=1S/C15H19N3O3S/c1-15(2,3)16-14(22)18-17-13(19)7-5-10-4-6-11-12(8-10)21-9-20-11/h4-8H,9H2,1-3H3,(H,17,19)(H2,16,18,22)/b7-5+. The predicted octanol–water partition coefficient (Wildman–Crippen LogP) is 1.72. The lowest BCUT2D eigenvalue weighted by molar-refractivity contribution is -0.117. The Morgan fingerprint density at radius 3 is 2.68 bits per heavy atom. The lowest BCUT2D eigenvalue weighted by Crippen LogP contribution is -2.51. The summed E-state index contributed by atoms with van der Waals surface area (Å²) in [6.07, 6.45) is 3.09. The summed E-state index contributed by atoms with van der Waals surface area (Å²) in [6, 6.07) is 5.46. The number of ether oxygens (including phenoxy) is 2. The van der Waals surface area contributed by atoms with E-state index >= 15 is 0 Å². The van der Waals surface area contributed by atoms with Gasteiger partial charge in [-0.3, -0.25) is 15.6 Å². The van der Waals surface area contributed by atoms with Crippen LogP contribution in [0.25, 0.3) is 6.08 Å². The molecule has 0 aromatic heterocycles. The normalized spacial score (nSPS) is 13.0. The molecule has 0 atom stereocenters. The lowest BCUT2D eigenvalue weighted by Gasteiger charge is -2.22. The van der Waals surface area contributed by atoms with Crippen LogP contribution in [0.3, 0.4) is 0 Å². The highest BCUT2D eigenvalue weighted by molar-refractivity contribution is 7.80. The fourth-order valence-electron chi connectivity index (χ4n) is 1.72. The van der Waals surface area contributed by atoms with E-state index < -0.39 is 0 Å². The van der Waals surface area contributed by atoms with Gasteiger partial charge in [-0.25, -0.2) is 0 Å². The second-order valence-electron chi connectivity index (χ2n) is 5.76. The minimum absolute atomic E-state index is 0.170. The van der Waals surface area contributed by atoms with Gasteiger partial charge in [0.05, 0.1) is 0 Å². The van der Waals surface area contributed by atoms with Crippen LogP contribution < -0.4 is 25.6 Å². The molecule has 1 amide bonds. The maximum absolute atomic E-state index is 11.7. The maximum Gasteiger partial charge on any atom is 0.262 e.